The Balaban J connectivity index is 1.27. The van der Waals surface area contributed by atoms with Crippen LogP contribution in [-0.4, -0.2) is 67.1 Å². The zero-order valence-electron chi connectivity index (χ0n) is 17.7. The Morgan fingerprint density at radius 1 is 1.00 bits per heavy atom. The van der Waals surface area contributed by atoms with Gasteiger partial charge in [0.15, 0.2) is 6.61 Å². The summed E-state index contributed by atoms with van der Waals surface area (Å²) in [5.41, 5.74) is 1.94. The van der Waals surface area contributed by atoms with Gasteiger partial charge in [-0.05, 0) is 49.2 Å². The van der Waals surface area contributed by atoms with E-state index in [1.54, 1.807) is 17.0 Å². The molecule has 0 aromatic heterocycles. The molecule has 2 heterocycles. The quantitative estimate of drug-likeness (QED) is 0.741. The van der Waals surface area contributed by atoms with E-state index in [9.17, 15) is 9.59 Å². The molecule has 2 aliphatic heterocycles. The minimum atomic E-state index is -0.123. The highest BCUT2D eigenvalue weighted by atomic mass is 16.5. The molecule has 2 fully saturated rings. The number of hydrogen-bond donors (Lipinski definition) is 1. The first-order valence-corrected chi connectivity index (χ1v) is 10.9. The molecule has 0 radical (unpaired) electrons. The number of nitrogens with one attached hydrogen (secondary N) is 1. The van der Waals surface area contributed by atoms with Gasteiger partial charge in [0.25, 0.3) is 5.91 Å². The Kier molecular flexibility index (Phi) is 7.17. The summed E-state index contributed by atoms with van der Waals surface area (Å²) < 4.78 is 10.9. The van der Waals surface area contributed by atoms with Gasteiger partial charge in [-0.15, -0.1) is 0 Å². The lowest BCUT2D eigenvalue weighted by molar-refractivity contribution is -0.137. The number of anilines is 1. The molecule has 0 saturated carbocycles. The summed E-state index contributed by atoms with van der Waals surface area (Å²) in [7, 11) is 0. The van der Waals surface area contributed by atoms with Crippen LogP contribution in [0.2, 0.25) is 0 Å². The third-order valence-electron chi connectivity index (χ3n) is 5.74. The average molecular weight is 424 g/mol. The van der Waals surface area contributed by atoms with E-state index in [0.717, 1.165) is 31.6 Å². The van der Waals surface area contributed by atoms with Gasteiger partial charge in [0, 0.05) is 25.3 Å². The van der Waals surface area contributed by atoms with Crippen LogP contribution >= 0.6 is 0 Å². The van der Waals surface area contributed by atoms with Gasteiger partial charge in [0.05, 0.1) is 19.3 Å². The van der Waals surface area contributed by atoms with E-state index in [-0.39, 0.29) is 24.5 Å². The Morgan fingerprint density at radius 3 is 2.48 bits per heavy atom. The molecule has 7 nitrogen and oxygen atoms in total. The van der Waals surface area contributed by atoms with Crippen LogP contribution in [-0.2, 0) is 20.9 Å². The number of carbonyl (C=O) groups is 2. The van der Waals surface area contributed by atoms with E-state index < -0.39 is 0 Å². The average Bonchev–Trinajstić information content (AvgIpc) is 3.28. The molecule has 1 atom stereocenters. The predicted molar refractivity (Wildman–Crippen MR) is 118 cm³/mol. The summed E-state index contributed by atoms with van der Waals surface area (Å²) in [6, 6.07) is 17.3. The second-order valence-corrected chi connectivity index (χ2v) is 7.91. The minimum Gasteiger partial charge on any atom is -0.484 e. The van der Waals surface area contributed by atoms with Crippen LogP contribution in [0.15, 0.2) is 54.6 Å². The zero-order valence-corrected chi connectivity index (χ0v) is 17.7. The third kappa shape index (κ3) is 5.83. The molecule has 164 valence electrons. The molecule has 2 aromatic rings. The lowest BCUT2D eigenvalue weighted by Gasteiger charge is -2.26. The molecular weight excluding hydrogens is 394 g/mol. The first-order chi connectivity index (χ1) is 15.2. The van der Waals surface area contributed by atoms with Crippen LogP contribution in [0.3, 0.4) is 0 Å². The lowest BCUT2D eigenvalue weighted by atomic mass is 10.1. The summed E-state index contributed by atoms with van der Waals surface area (Å²) in [6.45, 7) is 4.07. The van der Waals surface area contributed by atoms with Crippen molar-refractivity contribution in [3.63, 3.8) is 0 Å². The highest BCUT2D eigenvalue weighted by Gasteiger charge is 2.30. The SMILES string of the molecule is O=C(Nc1ccc(OCC(=O)N2CCOCC2)cc1)[C@@H]1CCCN1Cc1ccccc1. The summed E-state index contributed by atoms with van der Waals surface area (Å²) >= 11 is 0. The van der Waals surface area contributed by atoms with Gasteiger partial charge >= 0.3 is 0 Å². The molecule has 7 heteroatoms. The lowest BCUT2D eigenvalue weighted by Crippen LogP contribution is -2.42. The number of ether oxygens (including phenoxy) is 2. The fraction of sp³-hybridized carbons (Fsp3) is 0.417. The molecule has 2 saturated heterocycles. The Labute approximate surface area is 182 Å². The molecule has 2 amide bonds. The Morgan fingerprint density at radius 2 is 1.74 bits per heavy atom. The maximum Gasteiger partial charge on any atom is 0.260 e. The van der Waals surface area contributed by atoms with Crippen molar-refractivity contribution in [2.45, 2.75) is 25.4 Å². The van der Waals surface area contributed by atoms with Gasteiger partial charge in [-0.1, -0.05) is 30.3 Å². The van der Waals surface area contributed by atoms with Crippen molar-refractivity contribution in [3.05, 3.63) is 60.2 Å². The van der Waals surface area contributed by atoms with Crippen LogP contribution in [0.1, 0.15) is 18.4 Å². The smallest absolute Gasteiger partial charge is 0.260 e. The monoisotopic (exact) mass is 423 g/mol. The predicted octanol–water partition coefficient (Wildman–Crippen LogP) is 2.53. The second-order valence-electron chi connectivity index (χ2n) is 7.91. The van der Waals surface area contributed by atoms with Crippen LogP contribution < -0.4 is 10.1 Å². The van der Waals surface area contributed by atoms with Gasteiger partial charge in [-0.25, -0.2) is 0 Å². The maximum atomic E-state index is 12.8. The van der Waals surface area contributed by atoms with E-state index in [2.05, 4.69) is 22.3 Å². The van der Waals surface area contributed by atoms with E-state index in [1.807, 2.05) is 30.3 Å². The molecule has 2 aromatic carbocycles. The number of amides is 2. The van der Waals surface area contributed by atoms with Crippen molar-refractivity contribution < 1.29 is 19.1 Å². The normalized spacial score (nSPS) is 19.2. The molecule has 1 N–H and O–H groups in total. The van der Waals surface area contributed by atoms with Gasteiger partial charge in [0.2, 0.25) is 5.91 Å². The number of nitrogens with zero attached hydrogens (tertiary/aromatic N) is 2. The number of benzene rings is 2. The number of morpholine rings is 1. The van der Waals surface area contributed by atoms with E-state index >= 15 is 0 Å². The van der Waals surface area contributed by atoms with Crippen molar-refractivity contribution >= 4 is 17.5 Å². The van der Waals surface area contributed by atoms with Crippen molar-refractivity contribution in [2.75, 3.05) is 44.8 Å². The number of rotatable bonds is 7. The number of likely N-dealkylation sites (tertiary alicyclic amines) is 1. The fourth-order valence-corrected chi connectivity index (χ4v) is 4.04. The van der Waals surface area contributed by atoms with Crippen LogP contribution in [0.5, 0.6) is 5.75 Å². The van der Waals surface area contributed by atoms with Crippen LogP contribution in [0.4, 0.5) is 5.69 Å². The number of carbonyl (C=O) groups excluding carboxylic acids is 2. The van der Waals surface area contributed by atoms with Crippen molar-refractivity contribution in [3.8, 4) is 5.75 Å². The molecule has 0 unspecified atom stereocenters. The first kappa shape index (κ1) is 21.3. The standard InChI is InChI=1S/C24H29N3O4/c28-23(26-13-15-30-16-14-26)18-31-21-10-8-20(9-11-21)25-24(29)22-7-4-12-27(22)17-19-5-2-1-3-6-19/h1-3,5-6,8-11,22H,4,7,12-18H2,(H,25,29)/t22-/m0/s1. The maximum absolute atomic E-state index is 12.8. The summed E-state index contributed by atoms with van der Waals surface area (Å²) in [5, 5.41) is 3.02. The molecule has 0 aliphatic carbocycles. The van der Waals surface area contributed by atoms with E-state index in [0.29, 0.717) is 32.1 Å². The van der Waals surface area contributed by atoms with Crippen molar-refractivity contribution in [1.29, 1.82) is 0 Å². The summed E-state index contributed by atoms with van der Waals surface area (Å²) in [5.74, 6) is 0.580. The Bertz CT molecular complexity index is 866. The van der Waals surface area contributed by atoms with Crippen LogP contribution in [0, 0.1) is 0 Å². The fourth-order valence-electron chi connectivity index (χ4n) is 4.04. The molecule has 4 rings (SSSR count). The topological polar surface area (TPSA) is 71.1 Å². The van der Waals surface area contributed by atoms with E-state index in [1.165, 1.54) is 5.56 Å². The highest BCUT2D eigenvalue weighted by Crippen LogP contribution is 2.22. The molecular formula is C24H29N3O4. The molecule has 0 spiro atoms. The van der Waals surface area contributed by atoms with E-state index in [4.69, 9.17) is 9.47 Å². The Hall–Kier alpha value is -2.90. The molecule has 31 heavy (non-hydrogen) atoms. The first-order valence-electron chi connectivity index (χ1n) is 10.9. The van der Waals surface area contributed by atoms with Crippen LogP contribution in [0.25, 0.3) is 0 Å². The largest absolute Gasteiger partial charge is 0.484 e. The highest BCUT2D eigenvalue weighted by molar-refractivity contribution is 5.95. The summed E-state index contributed by atoms with van der Waals surface area (Å²) in [4.78, 5) is 29.0. The molecule has 0 bridgehead atoms. The summed E-state index contributed by atoms with van der Waals surface area (Å²) in [6.07, 6.45) is 1.89. The van der Waals surface area contributed by atoms with Crippen molar-refractivity contribution in [1.82, 2.24) is 9.80 Å². The molecule has 2 aliphatic rings. The van der Waals surface area contributed by atoms with Gasteiger partial charge < -0.3 is 19.7 Å². The van der Waals surface area contributed by atoms with Crippen molar-refractivity contribution in [2.24, 2.45) is 0 Å². The minimum absolute atomic E-state index is 0.00221. The zero-order chi connectivity index (χ0) is 21.5. The second kappa shape index (κ2) is 10.4. The number of hydrogen-bond acceptors (Lipinski definition) is 5. The third-order valence-corrected chi connectivity index (χ3v) is 5.74. The van der Waals surface area contributed by atoms with Gasteiger partial charge in [-0.2, -0.15) is 0 Å². The van der Waals surface area contributed by atoms with Gasteiger partial charge in [-0.3, -0.25) is 14.5 Å². The van der Waals surface area contributed by atoms with Gasteiger partial charge in [0.1, 0.15) is 5.75 Å².